The third kappa shape index (κ3) is 4.74. The summed E-state index contributed by atoms with van der Waals surface area (Å²) in [7, 11) is 1.62. The molecule has 1 rings (SSSR count). The molecule has 5 heteroatoms. The Bertz CT molecular complexity index is 447. The van der Waals surface area contributed by atoms with Gasteiger partial charge in [0.25, 0.3) is 0 Å². The first kappa shape index (κ1) is 16.3. The van der Waals surface area contributed by atoms with Crippen LogP contribution in [0.15, 0.2) is 18.2 Å². The van der Waals surface area contributed by atoms with E-state index in [0.29, 0.717) is 12.1 Å². The number of carbonyl (C=O) groups is 1. The summed E-state index contributed by atoms with van der Waals surface area (Å²) in [6.45, 7) is 6.01. The lowest BCUT2D eigenvalue weighted by Crippen LogP contribution is -2.41. The number of aliphatic hydroxyl groups is 1. The zero-order valence-corrected chi connectivity index (χ0v) is 12.6. The van der Waals surface area contributed by atoms with Gasteiger partial charge in [0.2, 0.25) is 0 Å². The maximum Gasteiger partial charge on any atom is 0.319 e. The summed E-state index contributed by atoms with van der Waals surface area (Å²) in [4.78, 5) is 11.9. The van der Waals surface area contributed by atoms with Crippen molar-refractivity contribution in [2.75, 3.05) is 19.0 Å². The van der Waals surface area contributed by atoms with Crippen molar-refractivity contribution in [2.24, 2.45) is 5.92 Å². The van der Waals surface area contributed by atoms with Crippen LogP contribution in [-0.4, -0.2) is 30.9 Å². The van der Waals surface area contributed by atoms with Gasteiger partial charge in [-0.05, 0) is 43.0 Å². The highest BCUT2D eigenvalue weighted by molar-refractivity contribution is 5.89. The number of aliphatic hydroxyl groups excluding tert-OH is 1. The maximum atomic E-state index is 11.9. The van der Waals surface area contributed by atoms with E-state index in [9.17, 15) is 4.79 Å². The second-order valence-electron chi connectivity index (χ2n) is 5.15. The summed E-state index contributed by atoms with van der Waals surface area (Å²) < 4.78 is 5.18. The molecule has 1 aromatic rings. The minimum atomic E-state index is -0.262. The van der Waals surface area contributed by atoms with E-state index in [2.05, 4.69) is 10.6 Å². The SMILES string of the molecule is COc1ccc(NC(=O)N[C@@H](CCO)C(C)C)cc1C. The van der Waals surface area contributed by atoms with Gasteiger partial charge in [-0.2, -0.15) is 0 Å². The molecular formula is C15H24N2O3. The fourth-order valence-electron chi connectivity index (χ4n) is 2.00. The third-order valence-electron chi connectivity index (χ3n) is 3.21. The number of amides is 2. The van der Waals surface area contributed by atoms with Crippen LogP contribution in [0, 0.1) is 12.8 Å². The molecule has 0 aliphatic rings. The van der Waals surface area contributed by atoms with Crippen molar-refractivity contribution in [2.45, 2.75) is 33.2 Å². The van der Waals surface area contributed by atoms with Crippen molar-refractivity contribution < 1.29 is 14.6 Å². The molecular weight excluding hydrogens is 256 g/mol. The lowest BCUT2D eigenvalue weighted by Gasteiger charge is -2.21. The van der Waals surface area contributed by atoms with Crippen LogP contribution in [0.4, 0.5) is 10.5 Å². The third-order valence-corrected chi connectivity index (χ3v) is 3.21. The minimum absolute atomic E-state index is 0.0423. The molecule has 112 valence electrons. The van der Waals surface area contributed by atoms with E-state index in [1.807, 2.05) is 32.9 Å². The maximum absolute atomic E-state index is 11.9. The Kier molecular flexibility index (Phi) is 6.31. The summed E-state index contributed by atoms with van der Waals surface area (Å²) in [5.74, 6) is 1.06. The molecule has 0 unspecified atom stereocenters. The van der Waals surface area contributed by atoms with Crippen LogP contribution < -0.4 is 15.4 Å². The average Bonchev–Trinajstić information content (AvgIpc) is 2.38. The van der Waals surface area contributed by atoms with Gasteiger partial charge >= 0.3 is 6.03 Å². The number of rotatable bonds is 6. The Balaban J connectivity index is 2.63. The molecule has 20 heavy (non-hydrogen) atoms. The van der Waals surface area contributed by atoms with Gasteiger partial charge in [-0.25, -0.2) is 4.79 Å². The molecule has 0 bridgehead atoms. The first-order chi connectivity index (χ1) is 9.47. The number of aryl methyl sites for hydroxylation is 1. The molecule has 0 saturated heterocycles. The zero-order valence-electron chi connectivity index (χ0n) is 12.6. The van der Waals surface area contributed by atoms with Gasteiger partial charge in [-0.3, -0.25) is 0 Å². The van der Waals surface area contributed by atoms with Crippen LogP contribution in [-0.2, 0) is 0 Å². The van der Waals surface area contributed by atoms with Crippen molar-refractivity contribution in [3.8, 4) is 5.75 Å². The van der Waals surface area contributed by atoms with E-state index in [1.165, 1.54) is 0 Å². The fraction of sp³-hybridized carbons (Fsp3) is 0.533. The average molecular weight is 280 g/mol. The minimum Gasteiger partial charge on any atom is -0.496 e. The van der Waals surface area contributed by atoms with E-state index >= 15 is 0 Å². The van der Waals surface area contributed by atoms with Crippen LogP contribution in [0.1, 0.15) is 25.8 Å². The van der Waals surface area contributed by atoms with E-state index in [0.717, 1.165) is 11.3 Å². The summed E-state index contributed by atoms with van der Waals surface area (Å²) in [6, 6.07) is 5.16. The molecule has 1 aromatic carbocycles. The van der Waals surface area contributed by atoms with Crippen molar-refractivity contribution in [3.05, 3.63) is 23.8 Å². The lowest BCUT2D eigenvalue weighted by molar-refractivity contribution is 0.227. The Labute approximate surface area is 120 Å². The number of anilines is 1. The predicted octanol–water partition coefficient (Wildman–Crippen LogP) is 2.53. The van der Waals surface area contributed by atoms with E-state index in [-0.39, 0.29) is 24.6 Å². The van der Waals surface area contributed by atoms with Gasteiger partial charge in [-0.15, -0.1) is 0 Å². The largest absolute Gasteiger partial charge is 0.496 e. The number of hydrogen-bond donors (Lipinski definition) is 3. The van der Waals surface area contributed by atoms with E-state index in [1.54, 1.807) is 13.2 Å². The van der Waals surface area contributed by atoms with Crippen LogP contribution >= 0.6 is 0 Å². The standard InChI is InChI=1S/C15H24N2O3/c1-10(2)13(7-8-18)17-15(19)16-12-5-6-14(20-4)11(3)9-12/h5-6,9-10,13,18H,7-8H2,1-4H3,(H2,16,17,19)/t13-/m0/s1. The highest BCUT2D eigenvalue weighted by Gasteiger charge is 2.15. The molecule has 0 fully saturated rings. The quantitative estimate of drug-likeness (QED) is 0.750. The number of hydrogen-bond acceptors (Lipinski definition) is 3. The molecule has 1 atom stereocenters. The lowest BCUT2D eigenvalue weighted by atomic mass is 10.0. The van der Waals surface area contributed by atoms with Gasteiger partial charge in [0.05, 0.1) is 7.11 Å². The summed E-state index contributed by atoms with van der Waals surface area (Å²) in [6.07, 6.45) is 0.548. The zero-order chi connectivity index (χ0) is 15.1. The molecule has 0 saturated carbocycles. The van der Waals surface area contributed by atoms with Gasteiger partial charge < -0.3 is 20.5 Å². The first-order valence-corrected chi connectivity index (χ1v) is 6.81. The van der Waals surface area contributed by atoms with E-state index in [4.69, 9.17) is 9.84 Å². The van der Waals surface area contributed by atoms with Crippen molar-refractivity contribution in [3.63, 3.8) is 0 Å². The summed E-state index contributed by atoms with van der Waals surface area (Å²) in [5.41, 5.74) is 1.67. The number of carbonyl (C=O) groups excluding carboxylic acids is 1. The number of urea groups is 1. The van der Waals surface area contributed by atoms with E-state index < -0.39 is 0 Å². The predicted molar refractivity (Wildman–Crippen MR) is 80.2 cm³/mol. The topological polar surface area (TPSA) is 70.6 Å². The Morgan fingerprint density at radius 2 is 2.10 bits per heavy atom. The Hall–Kier alpha value is -1.75. The van der Waals surface area contributed by atoms with Crippen molar-refractivity contribution >= 4 is 11.7 Å². The molecule has 3 N–H and O–H groups in total. The monoisotopic (exact) mass is 280 g/mol. The molecule has 0 radical (unpaired) electrons. The van der Waals surface area contributed by atoms with Crippen LogP contribution in [0.5, 0.6) is 5.75 Å². The number of benzene rings is 1. The molecule has 0 aliphatic heterocycles. The number of nitrogens with one attached hydrogen (secondary N) is 2. The van der Waals surface area contributed by atoms with Gasteiger partial charge in [0.15, 0.2) is 0 Å². The molecule has 0 aliphatic carbocycles. The highest BCUT2D eigenvalue weighted by Crippen LogP contribution is 2.21. The molecule has 0 heterocycles. The normalized spacial score (nSPS) is 12.1. The fourth-order valence-corrected chi connectivity index (χ4v) is 2.00. The van der Waals surface area contributed by atoms with Gasteiger partial charge in [0, 0.05) is 18.3 Å². The van der Waals surface area contributed by atoms with Gasteiger partial charge in [0.1, 0.15) is 5.75 Å². The smallest absolute Gasteiger partial charge is 0.319 e. The summed E-state index contributed by atoms with van der Waals surface area (Å²) in [5, 5.41) is 14.7. The second kappa shape index (κ2) is 7.75. The second-order valence-corrected chi connectivity index (χ2v) is 5.15. The van der Waals surface area contributed by atoms with Gasteiger partial charge in [-0.1, -0.05) is 13.8 Å². The van der Waals surface area contributed by atoms with Crippen LogP contribution in [0.25, 0.3) is 0 Å². The molecule has 5 nitrogen and oxygen atoms in total. The molecule has 0 aromatic heterocycles. The van der Waals surface area contributed by atoms with Crippen molar-refractivity contribution in [1.29, 1.82) is 0 Å². The summed E-state index contributed by atoms with van der Waals surface area (Å²) >= 11 is 0. The highest BCUT2D eigenvalue weighted by atomic mass is 16.5. The molecule has 0 spiro atoms. The van der Waals surface area contributed by atoms with Crippen molar-refractivity contribution in [1.82, 2.24) is 5.32 Å². The Morgan fingerprint density at radius 3 is 2.60 bits per heavy atom. The van der Waals surface area contributed by atoms with Crippen LogP contribution in [0.2, 0.25) is 0 Å². The number of ether oxygens (including phenoxy) is 1. The Morgan fingerprint density at radius 1 is 1.40 bits per heavy atom. The first-order valence-electron chi connectivity index (χ1n) is 6.81. The molecule has 2 amide bonds. The number of methoxy groups -OCH3 is 1. The van der Waals surface area contributed by atoms with Crippen LogP contribution in [0.3, 0.4) is 0 Å².